The van der Waals surface area contributed by atoms with E-state index in [1.807, 2.05) is 45.9 Å². The summed E-state index contributed by atoms with van der Waals surface area (Å²) in [6.45, 7) is 8.67. The molecule has 2 unspecified atom stereocenters. The Hall–Kier alpha value is -1.84. The van der Waals surface area contributed by atoms with E-state index in [-0.39, 0.29) is 17.9 Å². The summed E-state index contributed by atoms with van der Waals surface area (Å²) < 4.78 is 0. The van der Waals surface area contributed by atoms with Crippen LogP contribution < -0.4 is 10.2 Å². The maximum Gasteiger partial charge on any atom is 0.239 e. The smallest absolute Gasteiger partial charge is 0.239 e. The Balaban J connectivity index is 2.10. The first-order valence-corrected chi connectivity index (χ1v) is 7.63. The number of carbonyl (C=O) groups excluding carboxylic acids is 2. The number of nitrogens with one attached hydrogen (secondary N) is 1. The highest BCUT2D eigenvalue weighted by atomic mass is 16.2. The predicted octanol–water partition coefficient (Wildman–Crippen LogP) is 2.57. The maximum atomic E-state index is 12.5. The van der Waals surface area contributed by atoms with Gasteiger partial charge in [0.25, 0.3) is 0 Å². The molecule has 1 aromatic carbocycles. The third kappa shape index (κ3) is 3.26. The number of carbonyl (C=O) groups is 2. The fraction of sp³-hybridized carbons (Fsp3) is 0.529. The van der Waals surface area contributed by atoms with Gasteiger partial charge in [-0.2, -0.15) is 0 Å². The number of rotatable bonds is 4. The zero-order chi connectivity index (χ0) is 15.6. The normalized spacial score (nSPS) is 19.7. The molecule has 114 valence electrons. The van der Waals surface area contributed by atoms with Crippen molar-refractivity contribution in [1.29, 1.82) is 0 Å². The molecule has 4 heteroatoms. The van der Waals surface area contributed by atoms with Crippen LogP contribution >= 0.6 is 0 Å². The van der Waals surface area contributed by atoms with Crippen molar-refractivity contribution < 1.29 is 9.59 Å². The lowest BCUT2D eigenvalue weighted by atomic mass is 10.1. The third-order valence-electron chi connectivity index (χ3n) is 4.33. The Morgan fingerprint density at radius 2 is 2.10 bits per heavy atom. The Kier molecular flexibility index (Phi) is 4.66. The molecule has 1 aromatic rings. The lowest BCUT2D eigenvalue weighted by Crippen LogP contribution is -2.40. The van der Waals surface area contributed by atoms with Crippen LogP contribution in [-0.2, 0) is 9.59 Å². The van der Waals surface area contributed by atoms with E-state index in [0.29, 0.717) is 13.0 Å². The van der Waals surface area contributed by atoms with Crippen molar-refractivity contribution in [3.05, 3.63) is 29.3 Å². The summed E-state index contributed by atoms with van der Waals surface area (Å²) in [5, 5.41) is 2.91. The minimum atomic E-state index is -0.541. The van der Waals surface area contributed by atoms with Gasteiger partial charge in [-0.3, -0.25) is 9.59 Å². The summed E-state index contributed by atoms with van der Waals surface area (Å²) in [5.74, 6) is -0.764. The van der Waals surface area contributed by atoms with Crippen molar-refractivity contribution in [3.63, 3.8) is 0 Å². The van der Waals surface area contributed by atoms with E-state index in [2.05, 4.69) is 5.32 Å². The Morgan fingerprint density at radius 1 is 1.38 bits per heavy atom. The molecular formula is C17H24N2O2. The first-order chi connectivity index (χ1) is 9.93. The van der Waals surface area contributed by atoms with E-state index in [4.69, 9.17) is 0 Å². The zero-order valence-corrected chi connectivity index (χ0v) is 13.3. The number of hydrogen-bond acceptors (Lipinski definition) is 2. The van der Waals surface area contributed by atoms with Gasteiger partial charge in [0.2, 0.25) is 11.8 Å². The highest BCUT2D eigenvalue weighted by Crippen LogP contribution is 2.27. The van der Waals surface area contributed by atoms with Crippen LogP contribution in [0.4, 0.5) is 5.69 Å². The highest BCUT2D eigenvalue weighted by molar-refractivity contribution is 6.09. The molecule has 1 heterocycles. The van der Waals surface area contributed by atoms with Gasteiger partial charge in [-0.25, -0.2) is 0 Å². The zero-order valence-electron chi connectivity index (χ0n) is 13.3. The standard InChI is InChI=1S/C17H24N2O2/c1-5-13(4)18-16(20)15-8-9-19(17(15)21)14-7-6-11(2)12(3)10-14/h6-7,10,13,15H,5,8-9H2,1-4H3,(H,18,20). The molecule has 2 amide bonds. The van der Waals surface area contributed by atoms with Gasteiger partial charge in [0, 0.05) is 18.3 Å². The van der Waals surface area contributed by atoms with E-state index in [1.165, 1.54) is 5.56 Å². The molecule has 0 aromatic heterocycles. The second-order valence-electron chi connectivity index (χ2n) is 5.92. The summed E-state index contributed by atoms with van der Waals surface area (Å²) in [6.07, 6.45) is 1.46. The molecule has 4 nitrogen and oxygen atoms in total. The van der Waals surface area contributed by atoms with Gasteiger partial charge in [-0.1, -0.05) is 13.0 Å². The molecule has 2 rings (SSSR count). The maximum absolute atomic E-state index is 12.5. The molecule has 1 aliphatic heterocycles. The average Bonchev–Trinajstić information content (AvgIpc) is 2.83. The van der Waals surface area contributed by atoms with E-state index in [0.717, 1.165) is 17.7 Å². The van der Waals surface area contributed by atoms with Crippen molar-refractivity contribution >= 4 is 17.5 Å². The summed E-state index contributed by atoms with van der Waals surface area (Å²) in [5.41, 5.74) is 3.26. The summed E-state index contributed by atoms with van der Waals surface area (Å²) in [7, 11) is 0. The van der Waals surface area contributed by atoms with Crippen LogP contribution in [0.5, 0.6) is 0 Å². The quantitative estimate of drug-likeness (QED) is 0.866. The molecule has 2 atom stereocenters. The minimum absolute atomic E-state index is 0.0842. The number of benzene rings is 1. The summed E-state index contributed by atoms with van der Waals surface area (Å²) >= 11 is 0. The van der Waals surface area contributed by atoms with Gasteiger partial charge in [0.1, 0.15) is 5.92 Å². The third-order valence-corrected chi connectivity index (χ3v) is 4.33. The first-order valence-electron chi connectivity index (χ1n) is 7.63. The van der Waals surface area contributed by atoms with Gasteiger partial charge in [-0.15, -0.1) is 0 Å². The number of aryl methyl sites for hydroxylation is 2. The molecule has 0 saturated carbocycles. The van der Waals surface area contributed by atoms with Crippen LogP contribution in [-0.4, -0.2) is 24.4 Å². The Labute approximate surface area is 126 Å². The number of nitrogens with zero attached hydrogens (tertiary/aromatic N) is 1. The molecule has 1 aliphatic rings. The van der Waals surface area contributed by atoms with Crippen LogP contribution in [0.1, 0.15) is 37.8 Å². The molecule has 0 radical (unpaired) electrons. The molecule has 21 heavy (non-hydrogen) atoms. The van der Waals surface area contributed by atoms with E-state index >= 15 is 0 Å². The van der Waals surface area contributed by atoms with Crippen molar-refractivity contribution in [2.24, 2.45) is 5.92 Å². The fourth-order valence-electron chi connectivity index (χ4n) is 2.52. The van der Waals surface area contributed by atoms with Gasteiger partial charge < -0.3 is 10.2 Å². The van der Waals surface area contributed by atoms with E-state index in [9.17, 15) is 9.59 Å². The fourth-order valence-corrected chi connectivity index (χ4v) is 2.52. The largest absolute Gasteiger partial charge is 0.353 e. The molecule has 0 spiro atoms. The second-order valence-corrected chi connectivity index (χ2v) is 5.92. The van der Waals surface area contributed by atoms with Crippen molar-refractivity contribution in [3.8, 4) is 0 Å². The lowest BCUT2D eigenvalue weighted by molar-refractivity contribution is -0.132. The van der Waals surface area contributed by atoms with Crippen LogP contribution in [0.15, 0.2) is 18.2 Å². The number of anilines is 1. The van der Waals surface area contributed by atoms with E-state index < -0.39 is 5.92 Å². The van der Waals surface area contributed by atoms with Crippen molar-refractivity contribution in [2.75, 3.05) is 11.4 Å². The second kappa shape index (κ2) is 6.29. The molecule has 1 fully saturated rings. The molecule has 1 N–H and O–H groups in total. The Morgan fingerprint density at radius 3 is 2.71 bits per heavy atom. The van der Waals surface area contributed by atoms with Gasteiger partial charge >= 0.3 is 0 Å². The van der Waals surface area contributed by atoms with Gasteiger partial charge in [-0.05, 0) is 56.9 Å². The lowest BCUT2D eigenvalue weighted by Gasteiger charge is -2.19. The van der Waals surface area contributed by atoms with Gasteiger partial charge in [0.15, 0.2) is 0 Å². The summed E-state index contributed by atoms with van der Waals surface area (Å²) in [6, 6.07) is 6.10. The molecular weight excluding hydrogens is 264 g/mol. The van der Waals surface area contributed by atoms with Crippen LogP contribution in [0, 0.1) is 19.8 Å². The predicted molar refractivity (Wildman–Crippen MR) is 84.3 cm³/mol. The number of amides is 2. The molecule has 0 aliphatic carbocycles. The highest BCUT2D eigenvalue weighted by Gasteiger charge is 2.37. The Bertz CT molecular complexity index is 554. The molecule has 0 bridgehead atoms. The average molecular weight is 288 g/mol. The van der Waals surface area contributed by atoms with E-state index in [1.54, 1.807) is 4.90 Å². The summed E-state index contributed by atoms with van der Waals surface area (Å²) in [4.78, 5) is 26.4. The topological polar surface area (TPSA) is 49.4 Å². The monoisotopic (exact) mass is 288 g/mol. The SMILES string of the molecule is CCC(C)NC(=O)C1CCN(c2ccc(C)c(C)c2)C1=O. The first kappa shape index (κ1) is 15.5. The molecule has 1 saturated heterocycles. The van der Waals surface area contributed by atoms with Crippen molar-refractivity contribution in [2.45, 2.75) is 46.6 Å². The van der Waals surface area contributed by atoms with Crippen molar-refractivity contribution in [1.82, 2.24) is 5.32 Å². The van der Waals surface area contributed by atoms with Crippen LogP contribution in [0.3, 0.4) is 0 Å². The van der Waals surface area contributed by atoms with Crippen LogP contribution in [0.25, 0.3) is 0 Å². The number of hydrogen-bond donors (Lipinski definition) is 1. The van der Waals surface area contributed by atoms with Gasteiger partial charge in [0.05, 0.1) is 0 Å². The van der Waals surface area contributed by atoms with Crippen LogP contribution in [0.2, 0.25) is 0 Å². The minimum Gasteiger partial charge on any atom is -0.353 e.